The molecule has 0 saturated carbocycles. The normalized spacial score (nSPS) is 10.6. The smallest absolute Gasteiger partial charge is 0.251 e. The van der Waals surface area contributed by atoms with Gasteiger partial charge in [0.15, 0.2) is 0 Å². The van der Waals surface area contributed by atoms with E-state index in [-0.39, 0.29) is 5.91 Å². The number of halogens is 1. The van der Waals surface area contributed by atoms with E-state index in [4.69, 9.17) is 0 Å². The van der Waals surface area contributed by atoms with Crippen LogP contribution in [0.15, 0.2) is 47.5 Å². The zero-order valence-corrected chi connectivity index (χ0v) is 16.1. The number of anilines is 1. The van der Waals surface area contributed by atoms with Gasteiger partial charge in [-0.25, -0.2) is 15.0 Å². The number of nitrogens with zero attached hydrogens (tertiary/aromatic N) is 4. The van der Waals surface area contributed by atoms with E-state index in [0.717, 1.165) is 21.7 Å². The van der Waals surface area contributed by atoms with Crippen LogP contribution in [0, 0.1) is 13.8 Å². The SMILES string of the molecule is Cc1ncn(-c2cc(NCCNC(=O)c3ccc(Br)cc3)ncn2)c1C. The quantitative estimate of drug-likeness (QED) is 0.605. The number of amides is 1. The summed E-state index contributed by atoms with van der Waals surface area (Å²) in [5, 5.41) is 6.06. The van der Waals surface area contributed by atoms with Crippen molar-refractivity contribution in [2.24, 2.45) is 0 Å². The predicted octanol–water partition coefficient (Wildman–Crippen LogP) is 2.88. The maximum atomic E-state index is 12.1. The molecule has 0 radical (unpaired) electrons. The fraction of sp³-hybridized carbons (Fsp3) is 0.222. The zero-order valence-electron chi connectivity index (χ0n) is 14.5. The molecule has 0 aliphatic heterocycles. The van der Waals surface area contributed by atoms with Crippen molar-refractivity contribution in [3.63, 3.8) is 0 Å². The van der Waals surface area contributed by atoms with Gasteiger partial charge >= 0.3 is 0 Å². The molecular weight excluding hydrogens is 396 g/mol. The van der Waals surface area contributed by atoms with E-state index in [1.54, 1.807) is 18.5 Å². The lowest BCUT2D eigenvalue weighted by atomic mass is 10.2. The van der Waals surface area contributed by atoms with Crippen LogP contribution in [0.3, 0.4) is 0 Å². The number of rotatable bonds is 6. The second kappa shape index (κ2) is 8.09. The number of imidazole rings is 1. The standard InChI is InChI=1S/C18H19BrN6O/c1-12-13(2)25(11-24-12)17-9-16(22-10-23-17)20-7-8-21-18(26)14-3-5-15(19)6-4-14/h3-6,9-11H,7-8H2,1-2H3,(H,21,26)(H,20,22,23). The van der Waals surface area contributed by atoms with Crippen LogP contribution >= 0.6 is 15.9 Å². The molecule has 0 spiro atoms. The van der Waals surface area contributed by atoms with E-state index in [1.165, 1.54) is 6.33 Å². The van der Waals surface area contributed by atoms with E-state index < -0.39 is 0 Å². The first kappa shape index (κ1) is 18.1. The van der Waals surface area contributed by atoms with Gasteiger partial charge in [-0.2, -0.15) is 0 Å². The Kier molecular flexibility index (Phi) is 5.62. The van der Waals surface area contributed by atoms with E-state index in [1.807, 2.05) is 36.6 Å². The number of hydrogen-bond donors (Lipinski definition) is 2. The Morgan fingerprint density at radius 3 is 2.58 bits per heavy atom. The zero-order chi connectivity index (χ0) is 18.5. The van der Waals surface area contributed by atoms with Crippen molar-refractivity contribution in [3.05, 3.63) is 64.4 Å². The molecule has 0 bridgehead atoms. The molecule has 0 fully saturated rings. The number of hydrogen-bond acceptors (Lipinski definition) is 5. The molecule has 0 saturated heterocycles. The molecule has 26 heavy (non-hydrogen) atoms. The van der Waals surface area contributed by atoms with Crippen LogP contribution in [0.1, 0.15) is 21.7 Å². The third-order valence-electron chi connectivity index (χ3n) is 3.97. The highest BCUT2D eigenvalue weighted by atomic mass is 79.9. The molecule has 1 aromatic carbocycles. The maximum absolute atomic E-state index is 12.1. The van der Waals surface area contributed by atoms with Crippen molar-refractivity contribution >= 4 is 27.7 Å². The van der Waals surface area contributed by atoms with Gasteiger partial charge in [-0.3, -0.25) is 9.36 Å². The summed E-state index contributed by atoms with van der Waals surface area (Å²) < 4.78 is 2.86. The van der Waals surface area contributed by atoms with Crippen LogP contribution in [0.2, 0.25) is 0 Å². The largest absolute Gasteiger partial charge is 0.368 e. The Morgan fingerprint density at radius 2 is 1.88 bits per heavy atom. The molecule has 134 valence electrons. The van der Waals surface area contributed by atoms with Crippen molar-refractivity contribution < 1.29 is 4.79 Å². The topological polar surface area (TPSA) is 84.7 Å². The number of benzene rings is 1. The van der Waals surface area contributed by atoms with Crippen molar-refractivity contribution in [2.75, 3.05) is 18.4 Å². The van der Waals surface area contributed by atoms with Crippen LogP contribution in [-0.4, -0.2) is 38.5 Å². The van der Waals surface area contributed by atoms with Gasteiger partial charge in [0.1, 0.15) is 24.3 Å². The first-order valence-electron chi connectivity index (χ1n) is 8.15. The van der Waals surface area contributed by atoms with Gasteiger partial charge in [-0.15, -0.1) is 0 Å². The fourth-order valence-electron chi connectivity index (χ4n) is 2.38. The van der Waals surface area contributed by atoms with Gasteiger partial charge in [0.25, 0.3) is 5.91 Å². The molecule has 8 heteroatoms. The highest BCUT2D eigenvalue weighted by Crippen LogP contribution is 2.13. The van der Waals surface area contributed by atoms with Gasteiger partial charge in [-0.05, 0) is 38.1 Å². The highest BCUT2D eigenvalue weighted by molar-refractivity contribution is 9.10. The molecule has 0 aliphatic carbocycles. The van der Waals surface area contributed by atoms with Crippen LogP contribution in [-0.2, 0) is 0 Å². The summed E-state index contributed by atoms with van der Waals surface area (Å²) in [6.07, 6.45) is 3.25. The van der Waals surface area contributed by atoms with Gasteiger partial charge in [-0.1, -0.05) is 15.9 Å². The molecule has 3 aromatic rings. The Balaban J connectivity index is 1.54. The minimum absolute atomic E-state index is 0.104. The predicted molar refractivity (Wildman–Crippen MR) is 104 cm³/mol. The summed E-state index contributed by atoms with van der Waals surface area (Å²) in [4.78, 5) is 24.8. The summed E-state index contributed by atoms with van der Waals surface area (Å²) in [7, 11) is 0. The lowest BCUT2D eigenvalue weighted by molar-refractivity contribution is 0.0955. The monoisotopic (exact) mass is 414 g/mol. The average molecular weight is 415 g/mol. The third-order valence-corrected chi connectivity index (χ3v) is 4.50. The van der Waals surface area contributed by atoms with E-state index in [0.29, 0.717) is 24.5 Å². The minimum Gasteiger partial charge on any atom is -0.368 e. The summed E-state index contributed by atoms with van der Waals surface area (Å²) in [5.74, 6) is 1.34. The summed E-state index contributed by atoms with van der Waals surface area (Å²) >= 11 is 3.35. The van der Waals surface area contributed by atoms with Crippen LogP contribution in [0.5, 0.6) is 0 Å². The van der Waals surface area contributed by atoms with Crippen molar-refractivity contribution in [2.45, 2.75) is 13.8 Å². The van der Waals surface area contributed by atoms with E-state index in [2.05, 4.69) is 41.5 Å². The Bertz CT molecular complexity index is 906. The first-order chi connectivity index (χ1) is 12.5. The van der Waals surface area contributed by atoms with Gasteiger partial charge < -0.3 is 10.6 Å². The van der Waals surface area contributed by atoms with Gasteiger partial charge in [0.05, 0.1) is 5.69 Å². The molecule has 2 N–H and O–H groups in total. The molecule has 0 unspecified atom stereocenters. The lowest BCUT2D eigenvalue weighted by Crippen LogP contribution is -2.28. The summed E-state index contributed by atoms with van der Waals surface area (Å²) in [5.41, 5.74) is 2.63. The van der Waals surface area contributed by atoms with Crippen molar-refractivity contribution in [1.82, 2.24) is 24.8 Å². The summed E-state index contributed by atoms with van der Waals surface area (Å²) in [6, 6.07) is 9.09. The number of aromatic nitrogens is 4. The van der Waals surface area contributed by atoms with Crippen molar-refractivity contribution in [3.8, 4) is 5.82 Å². The molecule has 0 atom stereocenters. The van der Waals surface area contributed by atoms with Crippen LogP contribution in [0.4, 0.5) is 5.82 Å². The number of aryl methyl sites for hydroxylation is 1. The molecule has 1 amide bonds. The maximum Gasteiger partial charge on any atom is 0.251 e. The number of carbonyl (C=O) groups excluding carboxylic acids is 1. The summed E-state index contributed by atoms with van der Waals surface area (Å²) in [6.45, 7) is 4.99. The molecule has 3 rings (SSSR count). The van der Waals surface area contributed by atoms with Crippen LogP contribution < -0.4 is 10.6 Å². The average Bonchev–Trinajstić information content (AvgIpc) is 2.98. The first-order valence-corrected chi connectivity index (χ1v) is 8.94. The Labute approximate surface area is 160 Å². The highest BCUT2D eigenvalue weighted by Gasteiger charge is 2.07. The molecule has 2 aromatic heterocycles. The molecule has 2 heterocycles. The lowest BCUT2D eigenvalue weighted by Gasteiger charge is -2.09. The minimum atomic E-state index is -0.104. The Morgan fingerprint density at radius 1 is 1.12 bits per heavy atom. The molecule has 0 aliphatic rings. The Hall–Kier alpha value is -2.74. The van der Waals surface area contributed by atoms with E-state index in [9.17, 15) is 4.79 Å². The van der Waals surface area contributed by atoms with Crippen LogP contribution in [0.25, 0.3) is 5.82 Å². The second-order valence-electron chi connectivity index (χ2n) is 5.74. The fourth-order valence-corrected chi connectivity index (χ4v) is 2.64. The van der Waals surface area contributed by atoms with Gasteiger partial charge in [0, 0.05) is 34.9 Å². The third kappa shape index (κ3) is 4.26. The second-order valence-corrected chi connectivity index (χ2v) is 6.65. The van der Waals surface area contributed by atoms with Crippen molar-refractivity contribution in [1.29, 1.82) is 0 Å². The number of carbonyl (C=O) groups is 1. The van der Waals surface area contributed by atoms with E-state index >= 15 is 0 Å². The number of nitrogens with one attached hydrogen (secondary N) is 2. The molecular formula is C18H19BrN6O. The molecule has 7 nitrogen and oxygen atoms in total. The van der Waals surface area contributed by atoms with Gasteiger partial charge in [0.2, 0.25) is 0 Å².